The van der Waals surface area contributed by atoms with E-state index >= 15 is 0 Å². The number of aryl methyl sites for hydroxylation is 1. The second kappa shape index (κ2) is 11.1. The van der Waals surface area contributed by atoms with Crippen LogP contribution in [0, 0.1) is 12.8 Å². The highest BCUT2D eigenvalue weighted by Gasteiger charge is 2.24. The molecule has 1 aliphatic heterocycles. The van der Waals surface area contributed by atoms with Crippen LogP contribution in [0.25, 0.3) is 0 Å². The van der Waals surface area contributed by atoms with E-state index in [9.17, 15) is 18.0 Å². The van der Waals surface area contributed by atoms with Gasteiger partial charge in [-0.25, -0.2) is 17.9 Å². The largest absolute Gasteiger partial charge is 0.335 e. The Bertz CT molecular complexity index is 851. The summed E-state index contributed by atoms with van der Waals surface area (Å²) in [7, 11) is -3.55. The molecular weight excluding hydrogens is 416 g/mol. The van der Waals surface area contributed by atoms with Gasteiger partial charge in [-0.15, -0.1) is 0 Å². The first-order chi connectivity index (χ1) is 14.8. The zero-order valence-corrected chi connectivity index (χ0v) is 19.0. The van der Waals surface area contributed by atoms with Crippen molar-refractivity contribution in [3.63, 3.8) is 0 Å². The molecule has 1 aromatic carbocycles. The number of rotatable bonds is 7. The van der Waals surface area contributed by atoms with E-state index in [0.29, 0.717) is 13.1 Å². The van der Waals surface area contributed by atoms with Gasteiger partial charge in [0.1, 0.15) is 0 Å². The summed E-state index contributed by atoms with van der Waals surface area (Å²) in [6, 6.07) is 6.50. The van der Waals surface area contributed by atoms with Crippen molar-refractivity contribution in [3.8, 4) is 0 Å². The van der Waals surface area contributed by atoms with Crippen molar-refractivity contribution in [3.05, 3.63) is 29.8 Å². The molecule has 0 bridgehead atoms. The molecule has 8 nitrogen and oxygen atoms in total. The van der Waals surface area contributed by atoms with Gasteiger partial charge in [0.05, 0.1) is 11.4 Å². The molecule has 1 heterocycles. The maximum atomic E-state index is 12.5. The highest BCUT2D eigenvalue weighted by molar-refractivity contribution is 7.89. The maximum absolute atomic E-state index is 12.5. The number of carbonyl (C=O) groups excluding carboxylic acids is 2. The summed E-state index contributed by atoms with van der Waals surface area (Å²) >= 11 is 0. The number of carbonyl (C=O) groups is 2. The Kier molecular flexibility index (Phi) is 8.45. The number of piperidine rings is 1. The van der Waals surface area contributed by atoms with Crippen LogP contribution in [0.3, 0.4) is 0 Å². The van der Waals surface area contributed by atoms with E-state index in [0.717, 1.165) is 50.6 Å². The van der Waals surface area contributed by atoms with E-state index in [1.165, 1.54) is 6.42 Å². The van der Waals surface area contributed by atoms with E-state index in [2.05, 4.69) is 15.4 Å². The second-order valence-electron chi connectivity index (χ2n) is 8.76. The smallest absolute Gasteiger partial charge is 0.321 e. The molecule has 2 aliphatic rings. The number of imide groups is 1. The molecule has 3 N–H and O–H groups in total. The zero-order valence-electron chi connectivity index (χ0n) is 18.2. The molecule has 9 heteroatoms. The van der Waals surface area contributed by atoms with Gasteiger partial charge in [0.25, 0.3) is 0 Å². The molecule has 1 aliphatic carbocycles. The highest BCUT2D eigenvalue weighted by atomic mass is 32.2. The minimum Gasteiger partial charge on any atom is -0.335 e. The van der Waals surface area contributed by atoms with Gasteiger partial charge < -0.3 is 5.32 Å². The standard InChI is InChI=1S/C22H34N4O4S/c1-17-9-11-20(12-10-17)31(29,30)23-14-18-6-5-13-26(15-18)16-21(27)25-22(28)24-19-7-3-2-4-8-19/h9-12,18-19,23H,2-8,13-16H2,1H3,(H2,24,25,27,28). The summed E-state index contributed by atoms with van der Waals surface area (Å²) in [4.78, 5) is 26.6. The van der Waals surface area contributed by atoms with Crippen LogP contribution in [0.15, 0.2) is 29.2 Å². The normalized spacial score (nSPS) is 20.9. The van der Waals surface area contributed by atoms with Gasteiger partial charge >= 0.3 is 6.03 Å². The van der Waals surface area contributed by atoms with Crippen LogP contribution in [0.4, 0.5) is 4.79 Å². The summed E-state index contributed by atoms with van der Waals surface area (Å²) in [6.45, 7) is 3.76. The fourth-order valence-corrected chi connectivity index (χ4v) is 5.44. The maximum Gasteiger partial charge on any atom is 0.321 e. The third-order valence-corrected chi connectivity index (χ3v) is 7.50. The number of urea groups is 1. The van der Waals surface area contributed by atoms with E-state index in [-0.39, 0.29) is 29.3 Å². The van der Waals surface area contributed by atoms with Crippen LogP contribution in [0.5, 0.6) is 0 Å². The average Bonchev–Trinajstić information content (AvgIpc) is 2.73. The predicted molar refractivity (Wildman–Crippen MR) is 119 cm³/mol. The van der Waals surface area contributed by atoms with Crippen LogP contribution >= 0.6 is 0 Å². The second-order valence-corrected chi connectivity index (χ2v) is 10.5. The quantitative estimate of drug-likeness (QED) is 0.590. The lowest BCUT2D eigenvalue weighted by atomic mass is 9.96. The Hall–Kier alpha value is -1.97. The van der Waals surface area contributed by atoms with Crippen LogP contribution in [0.2, 0.25) is 0 Å². The SMILES string of the molecule is Cc1ccc(S(=O)(=O)NCC2CCCN(CC(=O)NC(=O)NC3CCCCC3)C2)cc1. The molecular formula is C22H34N4O4S. The fourth-order valence-electron chi connectivity index (χ4n) is 4.33. The van der Waals surface area contributed by atoms with Crippen LogP contribution in [-0.2, 0) is 14.8 Å². The lowest BCUT2D eigenvalue weighted by Gasteiger charge is -2.32. The molecule has 1 atom stereocenters. The molecule has 1 unspecified atom stereocenters. The van der Waals surface area contributed by atoms with Crippen molar-refractivity contribution < 1.29 is 18.0 Å². The van der Waals surface area contributed by atoms with Gasteiger partial charge in [-0.2, -0.15) is 0 Å². The highest BCUT2D eigenvalue weighted by Crippen LogP contribution is 2.18. The number of likely N-dealkylation sites (tertiary alicyclic amines) is 1. The third kappa shape index (κ3) is 7.59. The Balaban J connectivity index is 1.41. The molecule has 0 radical (unpaired) electrons. The predicted octanol–water partition coefficient (Wildman–Crippen LogP) is 2.14. The Morgan fingerprint density at radius 2 is 1.74 bits per heavy atom. The molecule has 1 saturated carbocycles. The van der Waals surface area contributed by atoms with Gasteiger partial charge in [0.15, 0.2) is 0 Å². The average molecular weight is 451 g/mol. The van der Waals surface area contributed by atoms with Crippen molar-refractivity contribution in [2.45, 2.75) is 62.8 Å². The van der Waals surface area contributed by atoms with Crippen molar-refractivity contribution in [1.29, 1.82) is 0 Å². The third-order valence-electron chi connectivity index (χ3n) is 6.06. The molecule has 3 rings (SSSR count). The first-order valence-corrected chi connectivity index (χ1v) is 12.7. The lowest BCUT2D eigenvalue weighted by molar-refractivity contribution is -0.121. The summed E-state index contributed by atoms with van der Waals surface area (Å²) in [5, 5.41) is 5.32. The molecule has 0 spiro atoms. The zero-order chi connectivity index (χ0) is 22.3. The number of benzene rings is 1. The van der Waals surface area contributed by atoms with Gasteiger partial charge in [-0.05, 0) is 57.2 Å². The van der Waals surface area contributed by atoms with Crippen molar-refractivity contribution >= 4 is 22.0 Å². The van der Waals surface area contributed by atoms with Gasteiger partial charge in [-0.1, -0.05) is 37.0 Å². The molecule has 2 fully saturated rings. The molecule has 0 aromatic heterocycles. The Labute approximate surface area is 185 Å². The monoisotopic (exact) mass is 450 g/mol. The van der Waals surface area contributed by atoms with Gasteiger partial charge in [0, 0.05) is 19.1 Å². The fraction of sp³-hybridized carbons (Fsp3) is 0.636. The van der Waals surface area contributed by atoms with Crippen molar-refractivity contribution in [2.24, 2.45) is 5.92 Å². The van der Waals surface area contributed by atoms with Crippen molar-refractivity contribution in [1.82, 2.24) is 20.3 Å². The molecule has 1 saturated heterocycles. The first-order valence-electron chi connectivity index (χ1n) is 11.2. The van der Waals surface area contributed by atoms with Crippen LogP contribution in [0.1, 0.15) is 50.5 Å². The Morgan fingerprint density at radius 3 is 2.45 bits per heavy atom. The number of hydrogen-bond donors (Lipinski definition) is 3. The number of hydrogen-bond acceptors (Lipinski definition) is 5. The van der Waals surface area contributed by atoms with E-state index in [1.807, 2.05) is 11.8 Å². The van der Waals surface area contributed by atoms with Crippen LogP contribution < -0.4 is 15.4 Å². The summed E-state index contributed by atoms with van der Waals surface area (Å²) in [6.07, 6.45) is 7.15. The minimum absolute atomic E-state index is 0.123. The molecule has 172 valence electrons. The number of sulfonamides is 1. The molecule has 31 heavy (non-hydrogen) atoms. The first kappa shape index (κ1) is 23.7. The summed E-state index contributed by atoms with van der Waals surface area (Å²) in [5.41, 5.74) is 1.01. The Morgan fingerprint density at radius 1 is 1.03 bits per heavy atom. The summed E-state index contributed by atoms with van der Waals surface area (Å²) in [5.74, 6) is -0.202. The minimum atomic E-state index is -3.55. The number of nitrogens with zero attached hydrogens (tertiary/aromatic N) is 1. The summed E-state index contributed by atoms with van der Waals surface area (Å²) < 4.78 is 27.7. The number of nitrogens with one attached hydrogen (secondary N) is 3. The van der Waals surface area contributed by atoms with Gasteiger partial charge in [0.2, 0.25) is 15.9 Å². The van der Waals surface area contributed by atoms with Gasteiger partial charge in [-0.3, -0.25) is 15.0 Å². The van der Waals surface area contributed by atoms with E-state index in [4.69, 9.17) is 0 Å². The van der Waals surface area contributed by atoms with Crippen molar-refractivity contribution in [2.75, 3.05) is 26.2 Å². The number of amides is 3. The van der Waals surface area contributed by atoms with E-state index < -0.39 is 16.1 Å². The lowest BCUT2D eigenvalue weighted by Crippen LogP contribution is -2.49. The topological polar surface area (TPSA) is 108 Å². The molecule has 1 aromatic rings. The van der Waals surface area contributed by atoms with E-state index in [1.54, 1.807) is 24.3 Å². The van der Waals surface area contributed by atoms with Crippen LogP contribution in [-0.4, -0.2) is 57.5 Å². The molecule has 3 amide bonds.